The molecule has 17 heavy (non-hydrogen) atoms. The van der Waals surface area contributed by atoms with Gasteiger partial charge in [-0.15, -0.1) is 0 Å². The lowest BCUT2D eigenvalue weighted by molar-refractivity contribution is -0.123. The summed E-state index contributed by atoms with van der Waals surface area (Å²) in [4.78, 5) is 13.4. The maximum absolute atomic E-state index is 11.8. The lowest BCUT2D eigenvalue weighted by Gasteiger charge is -2.42. The molecular formula is C12H23NO4. The molecule has 100 valence electrons. The molecule has 1 aliphatic rings. The highest BCUT2D eigenvalue weighted by molar-refractivity contribution is 5.68. The van der Waals surface area contributed by atoms with Crippen molar-refractivity contribution >= 4 is 6.09 Å². The zero-order chi connectivity index (χ0) is 13.3. The summed E-state index contributed by atoms with van der Waals surface area (Å²) in [5.41, 5.74) is -1.54. The van der Waals surface area contributed by atoms with E-state index in [0.717, 1.165) is 0 Å². The quantitative estimate of drug-likeness (QED) is 0.758. The number of hydrogen-bond donors (Lipinski definition) is 1. The van der Waals surface area contributed by atoms with Crippen LogP contribution in [0.5, 0.6) is 0 Å². The summed E-state index contributed by atoms with van der Waals surface area (Å²) in [6, 6.07) is 0. The number of carbonyl (C=O) groups excluding carboxylic acids is 1. The number of likely N-dealkylation sites (tertiary alicyclic amines) is 1. The number of ether oxygens (including phenoxy) is 2. The van der Waals surface area contributed by atoms with Gasteiger partial charge < -0.3 is 19.5 Å². The highest BCUT2D eigenvalue weighted by Gasteiger charge is 2.40. The summed E-state index contributed by atoms with van der Waals surface area (Å²) >= 11 is 0. The van der Waals surface area contributed by atoms with Gasteiger partial charge >= 0.3 is 6.09 Å². The maximum Gasteiger partial charge on any atom is 0.410 e. The summed E-state index contributed by atoms with van der Waals surface area (Å²) in [5.74, 6) is 0. The Morgan fingerprint density at radius 2 is 2.06 bits per heavy atom. The van der Waals surface area contributed by atoms with Crippen molar-refractivity contribution < 1.29 is 19.4 Å². The molecule has 0 aromatic rings. The third-order valence-electron chi connectivity index (χ3n) is 2.80. The fraction of sp³-hybridized carbons (Fsp3) is 0.917. The van der Waals surface area contributed by atoms with E-state index in [-0.39, 0.29) is 18.7 Å². The van der Waals surface area contributed by atoms with Crippen LogP contribution in [0, 0.1) is 0 Å². The second-order valence-corrected chi connectivity index (χ2v) is 5.77. The number of amides is 1. The molecule has 0 spiro atoms. The van der Waals surface area contributed by atoms with Crippen LogP contribution < -0.4 is 0 Å². The van der Waals surface area contributed by atoms with E-state index in [2.05, 4.69) is 0 Å². The number of carbonyl (C=O) groups is 1. The smallest absolute Gasteiger partial charge is 0.410 e. The van der Waals surface area contributed by atoms with Gasteiger partial charge in [-0.25, -0.2) is 4.79 Å². The average molecular weight is 245 g/mol. The summed E-state index contributed by atoms with van der Waals surface area (Å²) in [5, 5.41) is 10.2. The van der Waals surface area contributed by atoms with Gasteiger partial charge in [-0.2, -0.15) is 0 Å². The zero-order valence-corrected chi connectivity index (χ0v) is 11.3. The van der Waals surface area contributed by atoms with Crippen LogP contribution in [-0.4, -0.2) is 53.6 Å². The first-order chi connectivity index (χ1) is 7.65. The molecule has 0 saturated carbocycles. The molecule has 1 heterocycles. The fourth-order valence-electron chi connectivity index (χ4n) is 2.01. The Hall–Kier alpha value is -0.810. The minimum atomic E-state index is -1.02. The highest BCUT2D eigenvalue weighted by Crippen LogP contribution is 2.24. The molecule has 1 fully saturated rings. The van der Waals surface area contributed by atoms with Gasteiger partial charge in [0.1, 0.15) is 11.2 Å². The average Bonchev–Trinajstić information content (AvgIpc) is 2.13. The van der Waals surface area contributed by atoms with Crippen molar-refractivity contribution in [1.82, 2.24) is 4.90 Å². The van der Waals surface area contributed by atoms with Crippen molar-refractivity contribution in [3.63, 3.8) is 0 Å². The standard InChI is InChI=1S/C12H23NO4/c1-11(2,3)17-10(14)13-7-6-9(16-5)12(4,15)8-13/h9,15H,6-8H2,1-5H3. The van der Waals surface area contributed by atoms with E-state index < -0.39 is 11.2 Å². The molecule has 0 radical (unpaired) electrons. The molecule has 2 unspecified atom stereocenters. The molecule has 5 nitrogen and oxygen atoms in total. The van der Waals surface area contributed by atoms with Gasteiger partial charge in [-0.05, 0) is 34.1 Å². The highest BCUT2D eigenvalue weighted by atomic mass is 16.6. The number of aliphatic hydroxyl groups is 1. The van der Waals surface area contributed by atoms with Gasteiger partial charge in [-0.1, -0.05) is 0 Å². The summed E-state index contributed by atoms with van der Waals surface area (Å²) in [6.07, 6.45) is -0.00328. The maximum atomic E-state index is 11.8. The lowest BCUT2D eigenvalue weighted by atomic mass is 9.92. The van der Waals surface area contributed by atoms with E-state index in [1.54, 1.807) is 14.0 Å². The molecule has 0 aromatic carbocycles. The first kappa shape index (κ1) is 14.3. The summed E-state index contributed by atoms with van der Waals surface area (Å²) in [6.45, 7) is 7.93. The predicted octanol–water partition coefficient (Wildman–Crippen LogP) is 1.39. The monoisotopic (exact) mass is 245 g/mol. The van der Waals surface area contributed by atoms with Crippen molar-refractivity contribution in [2.75, 3.05) is 20.2 Å². The van der Waals surface area contributed by atoms with E-state index in [1.165, 1.54) is 4.90 Å². The SMILES string of the molecule is COC1CCN(C(=O)OC(C)(C)C)CC1(C)O. The lowest BCUT2D eigenvalue weighted by Crippen LogP contribution is -2.57. The van der Waals surface area contributed by atoms with Gasteiger partial charge in [0.25, 0.3) is 0 Å². The molecule has 1 amide bonds. The van der Waals surface area contributed by atoms with Gasteiger partial charge in [0.05, 0.1) is 12.6 Å². The Morgan fingerprint density at radius 1 is 1.47 bits per heavy atom. The number of piperidine rings is 1. The Kier molecular flexibility index (Phi) is 4.04. The Balaban J connectivity index is 2.62. The normalized spacial score (nSPS) is 30.2. The fourth-order valence-corrected chi connectivity index (χ4v) is 2.01. The van der Waals surface area contributed by atoms with Crippen LogP contribution in [0.3, 0.4) is 0 Å². The first-order valence-electron chi connectivity index (χ1n) is 5.89. The molecule has 0 bridgehead atoms. The second kappa shape index (κ2) is 4.82. The number of hydrogen-bond acceptors (Lipinski definition) is 4. The predicted molar refractivity (Wildman–Crippen MR) is 63.8 cm³/mol. The van der Waals surface area contributed by atoms with Crippen molar-refractivity contribution in [1.29, 1.82) is 0 Å². The van der Waals surface area contributed by atoms with Crippen LogP contribution in [-0.2, 0) is 9.47 Å². The number of methoxy groups -OCH3 is 1. The summed E-state index contributed by atoms with van der Waals surface area (Å²) < 4.78 is 10.5. The van der Waals surface area contributed by atoms with Gasteiger partial charge in [0.2, 0.25) is 0 Å². The van der Waals surface area contributed by atoms with Crippen LogP contribution in [0.25, 0.3) is 0 Å². The topological polar surface area (TPSA) is 59.0 Å². The molecule has 0 aromatic heterocycles. The Bertz CT molecular complexity index is 283. The van der Waals surface area contributed by atoms with Crippen LogP contribution >= 0.6 is 0 Å². The molecule has 1 aliphatic heterocycles. The van der Waals surface area contributed by atoms with E-state index in [4.69, 9.17) is 9.47 Å². The van der Waals surface area contributed by atoms with Gasteiger partial charge in [-0.3, -0.25) is 0 Å². The minimum Gasteiger partial charge on any atom is -0.444 e. The third-order valence-corrected chi connectivity index (χ3v) is 2.80. The largest absolute Gasteiger partial charge is 0.444 e. The first-order valence-corrected chi connectivity index (χ1v) is 5.89. The van der Waals surface area contributed by atoms with Crippen LogP contribution in [0.15, 0.2) is 0 Å². The van der Waals surface area contributed by atoms with E-state index in [0.29, 0.717) is 13.0 Å². The Labute approximate surface area is 103 Å². The van der Waals surface area contributed by atoms with E-state index in [9.17, 15) is 9.90 Å². The molecule has 5 heteroatoms. The van der Waals surface area contributed by atoms with Crippen molar-refractivity contribution in [3.8, 4) is 0 Å². The molecule has 1 saturated heterocycles. The van der Waals surface area contributed by atoms with Crippen LogP contribution in [0.1, 0.15) is 34.1 Å². The number of β-amino-alcohol motifs (C(OH)–C–C–N with tert-alkyl or cyclic N) is 1. The number of nitrogens with zero attached hydrogens (tertiary/aromatic N) is 1. The molecule has 0 aliphatic carbocycles. The van der Waals surface area contributed by atoms with E-state index in [1.807, 2.05) is 20.8 Å². The van der Waals surface area contributed by atoms with Crippen molar-refractivity contribution in [2.24, 2.45) is 0 Å². The Morgan fingerprint density at radius 3 is 2.47 bits per heavy atom. The molecule has 1 rings (SSSR count). The van der Waals surface area contributed by atoms with Crippen LogP contribution in [0.2, 0.25) is 0 Å². The molecule has 2 atom stereocenters. The van der Waals surface area contributed by atoms with Crippen molar-refractivity contribution in [2.45, 2.75) is 51.4 Å². The minimum absolute atomic E-state index is 0.235. The third kappa shape index (κ3) is 3.85. The zero-order valence-electron chi connectivity index (χ0n) is 11.3. The van der Waals surface area contributed by atoms with Gasteiger partial charge in [0.15, 0.2) is 0 Å². The van der Waals surface area contributed by atoms with E-state index >= 15 is 0 Å². The second-order valence-electron chi connectivity index (χ2n) is 5.77. The molecule has 1 N–H and O–H groups in total. The number of rotatable bonds is 1. The summed E-state index contributed by atoms with van der Waals surface area (Å²) in [7, 11) is 1.57. The van der Waals surface area contributed by atoms with Crippen molar-refractivity contribution in [3.05, 3.63) is 0 Å². The van der Waals surface area contributed by atoms with Gasteiger partial charge in [0, 0.05) is 13.7 Å². The molecular weight excluding hydrogens is 222 g/mol. The van der Waals surface area contributed by atoms with Crippen LogP contribution in [0.4, 0.5) is 4.79 Å².